The molecule has 0 radical (unpaired) electrons. The molecule has 2 heterocycles. The number of amides is 2. The molecule has 1 aliphatic heterocycles. The number of nitrogens with zero attached hydrogens (tertiary/aromatic N) is 1. The highest BCUT2D eigenvalue weighted by atomic mass is 32.1. The van der Waals surface area contributed by atoms with Gasteiger partial charge in [-0.25, -0.2) is 10.9 Å². The summed E-state index contributed by atoms with van der Waals surface area (Å²) in [6.07, 6.45) is 2.08. The molecule has 3 aromatic rings. The van der Waals surface area contributed by atoms with Crippen molar-refractivity contribution in [2.24, 2.45) is 0 Å². The average molecular weight is 408 g/mol. The van der Waals surface area contributed by atoms with Crippen molar-refractivity contribution in [2.75, 3.05) is 0 Å². The van der Waals surface area contributed by atoms with Crippen LogP contribution < -0.4 is 21.7 Å². The molecule has 2 amide bonds. The number of aromatic amines is 1. The second-order valence-electron chi connectivity index (χ2n) is 6.63. The summed E-state index contributed by atoms with van der Waals surface area (Å²) in [5, 5.41) is 0. The van der Waals surface area contributed by atoms with E-state index in [2.05, 4.69) is 26.7 Å². The van der Waals surface area contributed by atoms with Gasteiger partial charge in [-0.3, -0.25) is 25.0 Å². The fraction of sp³-hybridized carbons (Fsp3) is 0.150. The van der Waals surface area contributed by atoms with Crippen LogP contribution in [0.5, 0.6) is 0 Å². The van der Waals surface area contributed by atoms with Crippen LogP contribution >= 0.6 is 12.2 Å². The quantitative estimate of drug-likeness (QED) is 0.335. The first-order valence-corrected chi connectivity index (χ1v) is 9.56. The summed E-state index contributed by atoms with van der Waals surface area (Å²) in [6.45, 7) is 0. The summed E-state index contributed by atoms with van der Waals surface area (Å²) in [6, 6.07) is 18.7. The Kier molecular flexibility index (Phi) is 5.52. The number of hydrogen-bond donors (Lipinski definition) is 5. The van der Waals surface area contributed by atoms with Gasteiger partial charge >= 0.3 is 0 Å². The molecule has 1 aliphatic rings. The lowest BCUT2D eigenvalue weighted by Gasteiger charge is -2.13. The molecule has 0 bridgehead atoms. The number of imidazole rings is 1. The maximum absolute atomic E-state index is 12.6. The van der Waals surface area contributed by atoms with Crippen LogP contribution in [0, 0.1) is 4.77 Å². The van der Waals surface area contributed by atoms with Crippen molar-refractivity contribution in [3.8, 4) is 5.69 Å². The van der Waals surface area contributed by atoms with E-state index >= 15 is 0 Å². The summed E-state index contributed by atoms with van der Waals surface area (Å²) in [5.74, 6) is -0.801. The standard InChI is InChI=1S/C20H20N6O2S/c27-18(16-11-15(22-23-16)13-7-3-1-4-8-13)24-25-19(28)17-12-21-20(29)26(17)14-9-5-2-6-10-14/h1-10,12,15-16,22-23H,11H2,(H,21,29)(H,24,27)(H,25,28). The third-order valence-electron chi connectivity index (χ3n) is 4.74. The summed E-state index contributed by atoms with van der Waals surface area (Å²) in [7, 11) is 0. The van der Waals surface area contributed by atoms with Crippen molar-refractivity contribution in [1.82, 2.24) is 31.3 Å². The number of carbonyl (C=O) groups excluding carboxylic acids is 2. The van der Waals surface area contributed by atoms with Crippen molar-refractivity contribution in [3.05, 3.63) is 82.9 Å². The van der Waals surface area contributed by atoms with Gasteiger partial charge in [-0.15, -0.1) is 0 Å². The van der Waals surface area contributed by atoms with Gasteiger partial charge in [0.2, 0.25) is 0 Å². The molecule has 148 valence electrons. The molecule has 8 nitrogen and oxygen atoms in total. The Hall–Kier alpha value is -3.27. The minimum absolute atomic E-state index is 0.0235. The van der Waals surface area contributed by atoms with Gasteiger partial charge in [0.05, 0.1) is 0 Å². The van der Waals surface area contributed by atoms with Crippen molar-refractivity contribution in [1.29, 1.82) is 0 Å². The minimum Gasteiger partial charge on any atom is -0.336 e. The number of carbonyl (C=O) groups is 2. The minimum atomic E-state index is -0.472. The molecule has 5 N–H and O–H groups in total. The van der Waals surface area contributed by atoms with E-state index in [1.807, 2.05) is 60.7 Å². The smallest absolute Gasteiger partial charge is 0.288 e. The molecule has 29 heavy (non-hydrogen) atoms. The number of aromatic nitrogens is 2. The highest BCUT2D eigenvalue weighted by Crippen LogP contribution is 2.21. The van der Waals surface area contributed by atoms with Crippen molar-refractivity contribution in [3.63, 3.8) is 0 Å². The first kappa shape index (κ1) is 19.1. The second kappa shape index (κ2) is 8.39. The summed E-state index contributed by atoms with van der Waals surface area (Å²) >= 11 is 5.28. The zero-order valence-electron chi connectivity index (χ0n) is 15.4. The van der Waals surface area contributed by atoms with Crippen LogP contribution in [0.25, 0.3) is 5.69 Å². The van der Waals surface area contributed by atoms with Crippen LogP contribution in [-0.2, 0) is 4.79 Å². The normalized spacial score (nSPS) is 18.3. The predicted molar refractivity (Wildman–Crippen MR) is 110 cm³/mol. The molecule has 1 fully saturated rings. The number of rotatable bonds is 4. The van der Waals surface area contributed by atoms with Crippen LogP contribution in [0.3, 0.4) is 0 Å². The van der Waals surface area contributed by atoms with Crippen molar-refractivity contribution < 1.29 is 9.59 Å². The molecule has 0 spiro atoms. The molecular weight excluding hydrogens is 388 g/mol. The Balaban J connectivity index is 1.38. The van der Waals surface area contributed by atoms with Gasteiger partial charge in [-0.1, -0.05) is 48.5 Å². The number of H-pyrrole nitrogens is 1. The first-order valence-electron chi connectivity index (χ1n) is 9.15. The number of benzene rings is 2. The van der Waals surface area contributed by atoms with E-state index in [0.717, 1.165) is 11.3 Å². The van der Waals surface area contributed by atoms with E-state index in [0.29, 0.717) is 16.9 Å². The largest absolute Gasteiger partial charge is 0.336 e. The monoisotopic (exact) mass is 408 g/mol. The SMILES string of the molecule is O=C(NNC(=O)C1CC(c2ccccc2)NN1)c1c[nH]c(=S)n1-c1ccccc1. The molecule has 2 aromatic carbocycles. The van der Waals surface area contributed by atoms with Crippen LogP contribution in [-0.4, -0.2) is 27.4 Å². The van der Waals surface area contributed by atoms with Crippen LogP contribution in [0.1, 0.15) is 28.5 Å². The fourth-order valence-electron chi connectivity index (χ4n) is 3.27. The molecule has 2 atom stereocenters. The Morgan fingerprint density at radius 1 is 0.966 bits per heavy atom. The van der Waals surface area contributed by atoms with E-state index in [1.54, 1.807) is 4.57 Å². The van der Waals surface area contributed by atoms with Crippen LogP contribution in [0.4, 0.5) is 0 Å². The first-order chi connectivity index (χ1) is 14.1. The van der Waals surface area contributed by atoms with Gasteiger partial charge in [0.1, 0.15) is 11.7 Å². The van der Waals surface area contributed by atoms with Gasteiger partial charge in [0.25, 0.3) is 11.8 Å². The third-order valence-corrected chi connectivity index (χ3v) is 5.04. The highest BCUT2D eigenvalue weighted by Gasteiger charge is 2.30. The summed E-state index contributed by atoms with van der Waals surface area (Å²) in [4.78, 5) is 27.9. The number of nitrogens with one attached hydrogen (secondary N) is 5. The maximum atomic E-state index is 12.6. The van der Waals surface area contributed by atoms with Gasteiger partial charge in [-0.2, -0.15) is 0 Å². The van der Waals surface area contributed by atoms with E-state index < -0.39 is 11.9 Å². The second-order valence-corrected chi connectivity index (χ2v) is 7.02. The van der Waals surface area contributed by atoms with E-state index in [1.165, 1.54) is 6.20 Å². The lowest BCUT2D eigenvalue weighted by Crippen LogP contribution is -2.50. The van der Waals surface area contributed by atoms with E-state index in [-0.39, 0.29) is 11.9 Å². The highest BCUT2D eigenvalue weighted by molar-refractivity contribution is 7.71. The predicted octanol–water partition coefficient (Wildman–Crippen LogP) is 1.90. The van der Waals surface area contributed by atoms with E-state index in [4.69, 9.17) is 12.2 Å². The Bertz CT molecular complexity index is 1060. The molecule has 0 aliphatic carbocycles. The molecular formula is C20H20N6O2S. The lowest BCUT2D eigenvalue weighted by molar-refractivity contribution is -0.123. The Labute approximate surface area is 172 Å². The van der Waals surface area contributed by atoms with Crippen LogP contribution in [0.2, 0.25) is 0 Å². The zero-order chi connectivity index (χ0) is 20.2. The zero-order valence-corrected chi connectivity index (χ0v) is 16.2. The van der Waals surface area contributed by atoms with Gasteiger partial charge < -0.3 is 4.98 Å². The molecule has 1 saturated heterocycles. The molecule has 0 saturated carbocycles. The van der Waals surface area contributed by atoms with Gasteiger partial charge in [0.15, 0.2) is 4.77 Å². The Morgan fingerprint density at radius 2 is 1.66 bits per heavy atom. The van der Waals surface area contributed by atoms with Crippen LogP contribution in [0.15, 0.2) is 66.9 Å². The molecule has 9 heteroatoms. The molecule has 2 unspecified atom stereocenters. The molecule has 4 rings (SSSR count). The average Bonchev–Trinajstić information content (AvgIpc) is 3.40. The third kappa shape index (κ3) is 4.11. The van der Waals surface area contributed by atoms with Gasteiger partial charge in [0, 0.05) is 17.9 Å². The van der Waals surface area contributed by atoms with Crippen molar-refractivity contribution >= 4 is 24.0 Å². The maximum Gasteiger partial charge on any atom is 0.288 e. The Morgan fingerprint density at radius 3 is 2.38 bits per heavy atom. The summed E-state index contributed by atoms with van der Waals surface area (Å²) in [5.41, 5.74) is 13.2. The topological polar surface area (TPSA) is 103 Å². The summed E-state index contributed by atoms with van der Waals surface area (Å²) < 4.78 is 2.00. The number of hydrogen-bond acceptors (Lipinski definition) is 5. The fourth-order valence-corrected chi connectivity index (χ4v) is 3.53. The van der Waals surface area contributed by atoms with E-state index in [9.17, 15) is 9.59 Å². The lowest BCUT2D eigenvalue weighted by atomic mass is 10.0. The molecule has 1 aromatic heterocycles. The van der Waals surface area contributed by atoms with Crippen molar-refractivity contribution in [2.45, 2.75) is 18.5 Å². The number of hydrazine groups is 2. The number of para-hydroxylation sites is 1. The van der Waals surface area contributed by atoms with Gasteiger partial charge in [-0.05, 0) is 36.3 Å².